The van der Waals surface area contributed by atoms with Gasteiger partial charge in [-0.25, -0.2) is 14.8 Å². The molecule has 0 amide bonds. The minimum Gasteiger partial charge on any atom is -0.488 e. The first-order chi connectivity index (χ1) is 21.2. The number of ether oxygens (including phenoxy) is 2. The number of pyridine rings is 1. The highest BCUT2D eigenvalue weighted by molar-refractivity contribution is 5.90. The molecule has 0 aliphatic carbocycles. The first kappa shape index (κ1) is 31.4. The third-order valence-electron chi connectivity index (χ3n) is 7.01. The number of aromatic nitrogens is 1. The van der Waals surface area contributed by atoms with Gasteiger partial charge in [0.1, 0.15) is 23.9 Å². The van der Waals surface area contributed by atoms with Crippen molar-refractivity contribution in [2.45, 2.75) is 26.1 Å². The molecule has 3 aromatic carbocycles. The largest absolute Gasteiger partial charge is 0.573 e. The van der Waals surface area contributed by atoms with E-state index in [9.17, 15) is 36.2 Å². The Morgan fingerprint density at radius 1 is 0.911 bits per heavy atom. The minimum atomic E-state index is -4.93. The van der Waals surface area contributed by atoms with E-state index in [1.807, 2.05) is 25.1 Å². The van der Waals surface area contributed by atoms with Crippen LogP contribution in [0, 0.1) is 6.92 Å². The van der Waals surface area contributed by atoms with Crippen LogP contribution in [0.2, 0.25) is 0 Å². The number of hydrogen-bond donors (Lipinski definition) is 1. The summed E-state index contributed by atoms with van der Waals surface area (Å²) in [5, 5.41) is 11.3. The second-order valence-electron chi connectivity index (χ2n) is 10.1. The van der Waals surface area contributed by atoms with Crippen LogP contribution in [-0.2, 0) is 11.4 Å². The molecule has 4 aromatic rings. The number of halogens is 6. The lowest BCUT2D eigenvalue weighted by Crippen LogP contribution is -2.39. The van der Waals surface area contributed by atoms with Crippen LogP contribution in [-0.4, -0.2) is 47.2 Å². The lowest BCUT2D eigenvalue weighted by Gasteiger charge is -2.29. The number of anilines is 1. The van der Waals surface area contributed by atoms with Gasteiger partial charge in [-0.2, -0.15) is 13.2 Å². The van der Waals surface area contributed by atoms with Gasteiger partial charge in [0, 0.05) is 12.6 Å². The Hall–Kier alpha value is -5.04. The van der Waals surface area contributed by atoms with Gasteiger partial charge in [0.25, 0.3) is 0 Å². The highest BCUT2D eigenvalue weighted by Crippen LogP contribution is 2.40. The molecule has 0 fully saturated rings. The van der Waals surface area contributed by atoms with E-state index in [1.165, 1.54) is 43.4 Å². The number of carbonyl (C=O) groups is 1. The molecular weight excluding hydrogens is 604 g/mol. The summed E-state index contributed by atoms with van der Waals surface area (Å²) in [6, 6.07) is 22.4. The van der Waals surface area contributed by atoms with Gasteiger partial charge in [0.2, 0.25) is 0 Å². The summed E-state index contributed by atoms with van der Waals surface area (Å²) < 4.78 is 89.4. The number of aryl methyl sites for hydroxylation is 1. The zero-order valence-corrected chi connectivity index (χ0v) is 23.8. The Balaban J connectivity index is 1.37. The third-order valence-corrected chi connectivity index (χ3v) is 7.01. The smallest absolute Gasteiger partial charge is 0.488 e. The van der Waals surface area contributed by atoms with Crippen LogP contribution in [0.4, 0.5) is 32.2 Å². The molecule has 234 valence electrons. The van der Waals surface area contributed by atoms with Gasteiger partial charge in [-0.3, -0.25) is 5.01 Å². The summed E-state index contributed by atoms with van der Waals surface area (Å²) in [6.07, 6.45) is -9.71. The zero-order valence-electron chi connectivity index (χ0n) is 23.8. The first-order valence-corrected chi connectivity index (χ1v) is 13.4. The predicted octanol–water partition coefficient (Wildman–Crippen LogP) is 7.77. The summed E-state index contributed by atoms with van der Waals surface area (Å²) in [4.78, 5) is 16.0. The number of carboxylic acids is 1. The van der Waals surface area contributed by atoms with E-state index < -0.39 is 36.3 Å². The second-order valence-corrected chi connectivity index (χ2v) is 10.1. The van der Waals surface area contributed by atoms with Crippen molar-refractivity contribution in [2.24, 2.45) is 0 Å². The van der Waals surface area contributed by atoms with Crippen LogP contribution in [0.5, 0.6) is 11.5 Å². The van der Waals surface area contributed by atoms with Crippen LogP contribution >= 0.6 is 0 Å². The molecule has 0 unspecified atom stereocenters. The molecule has 1 aromatic heterocycles. The fourth-order valence-corrected chi connectivity index (χ4v) is 4.96. The number of likely N-dealkylation sites (N-methyl/N-ethyl adjacent to an activating group) is 1. The van der Waals surface area contributed by atoms with E-state index in [1.54, 1.807) is 30.3 Å². The number of aliphatic carboxylic acids is 1. The molecule has 2 heterocycles. The second kappa shape index (κ2) is 12.2. The van der Waals surface area contributed by atoms with Gasteiger partial charge in [0.15, 0.2) is 5.70 Å². The van der Waals surface area contributed by atoms with E-state index in [0.717, 1.165) is 26.7 Å². The van der Waals surface area contributed by atoms with Crippen molar-refractivity contribution in [3.63, 3.8) is 0 Å². The molecule has 7 nitrogen and oxygen atoms in total. The lowest BCUT2D eigenvalue weighted by atomic mass is 10.00. The number of hydrogen-bond acceptors (Lipinski definition) is 6. The number of carboxylic acid groups (broad SMARTS) is 1. The van der Waals surface area contributed by atoms with E-state index in [-0.39, 0.29) is 18.2 Å². The fraction of sp³-hybridized carbons (Fsp3) is 0.188. The maximum absolute atomic E-state index is 14.0. The zero-order chi connectivity index (χ0) is 32.5. The molecule has 0 spiro atoms. The van der Waals surface area contributed by atoms with Gasteiger partial charge in [-0.05, 0) is 65.6 Å². The van der Waals surface area contributed by atoms with Crippen molar-refractivity contribution in [3.8, 4) is 33.9 Å². The average Bonchev–Trinajstić information content (AvgIpc) is 3.34. The molecule has 1 N–H and O–H groups in total. The molecule has 0 bridgehead atoms. The Labute approximate surface area is 253 Å². The number of allylic oxidation sites excluding steroid dienone is 1. The summed E-state index contributed by atoms with van der Waals surface area (Å²) in [5.74, 6) is -1.68. The van der Waals surface area contributed by atoms with E-state index in [2.05, 4.69) is 9.72 Å². The summed E-state index contributed by atoms with van der Waals surface area (Å²) in [7, 11) is 1.35. The number of para-hydroxylation sites is 1. The number of rotatable bonds is 8. The Kier molecular flexibility index (Phi) is 8.48. The van der Waals surface area contributed by atoms with Crippen molar-refractivity contribution in [2.75, 3.05) is 18.6 Å². The van der Waals surface area contributed by atoms with Crippen molar-refractivity contribution >= 4 is 11.8 Å². The van der Waals surface area contributed by atoms with Gasteiger partial charge < -0.3 is 14.6 Å². The summed E-state index contributed by atoms with van der Waals surface area (Å²) in [6.45, 7) is 1.55. The van der Waals surface area contributed by atoms with E-state index in [4.69, 9.17) is 4.74 Å². The molecule has 13 heteroatoms. The molecular formula is C32H25F6N3O4. The molecule has 0 atom stereocenters. The Morgan fingerprint density at radius 2 is 1.60 bits per heavy atom. The quantitative estimate of drug-likeness (QED) is 0.200. The maximum Gasteiger partial charge on any atom is 0.573 e. The molecule has 1 aliphatic heterocycles. The monoisotopic (exact) mass is 629 g/mol. The average molecular weight is 630 g/mol. The van der Waals surface area contributed by atoms with Crippen molar-refractivity contribution in [1.82, 2.24) is 9.99 Å². The van der Waals surface area contributed by atoms with E-state index in [0.29, 0.717) is 22.6 Å². The van der Waals surface area contributed by atoms with Gasteiger partial charge in [-0.15, -0.1) is 13.2 Å². The van der Waals surface area contributed by atoms with Gasteiger partial charge in [0.05, 0.1) is 17.8 Å². The SMILES string of the molecule is Cc1cc(-c2ccc(OC(F)(F)F)cc2)ccc1COc1ccccc1-c1cccc(N2C(C(F)(F)F)=C(C(=O)O)CN2C)n1. The standard InChI is InChI=1S/C32H25F6N3O4/c1-19-16-21(20-12-14-23(15-13-20)45-32(36,37)38)10-11-22(19)18-44-27-8-4-3-6-24(27)26-7-5-9-28(39-26)41-29(31(33,34)35)25(30(42)43)17-40(41)2/h3-16H,17-18H2,1-2H3,(H,42,43). The fourth-order valence-electron chi connectivity index (χ4n) is 4.96. The number of hydrazine groups is 1. The lowest BCUT2D eigenvalue weighted by molar-refractivity contribution is -0.274. The summed E-state index contributed by atoms with van der Waals surface area (Å²) in [5.41, 5.74) is 1.89. The van der Waals surface area contributed by atoms with Crippen molar-refractivity contribution < 1.29 is 45.7 Å². The number of alkyl halides is 6. The molecule has 0 saturated carbocycles. The molecule has 0 radical (unpaired) electrons. The topological polar surface area (TPSA) is 75.1 Å². The van der Waals surface area contributed by atoms with E-state index >= 15 is 0 Å². The van der Waals surface area contributed by atoms with Crippen LogP contribution in [0.15, 0.2) is 96.2 Å². The molecule has 45 heavy (non-hydrogen) atoms. The van der Waals surface area contributed by atoms with Crippen LogP contribution < -0.4 is 14.5 Å². The normalized spacial score (nSPS) is 14.2. The van der Waals surface area contributed by atoms with Crippen LogP contribution in [0.3, 0.4) is 0 Å². The Morgan fingerprint density at radius 3 is 2.24 bits per heavy atom. The highest BCUT2D eigenvalue weighted by Gasteiger charge is 2.48. The van der Waals surface area contributed by atoms with Crippen LogP contribution in [0.25, 0.3) is 22.4 Å². The number of nitrogens with zero attached hydrogens (tertiary/aromatic N) is 3. The minimum absolute atomic E-state index is 0.113. The maximum atomic E-state index is 14.0. The van der Waals surface area contributed by atoms with Gasteiger partial charge >= 0.3 is 18.5 Å². The third kappa shape index (κ3) is 7.04. The highest BCUT2D eigenvalue weighted by atomic mass is 19.4. The van der Waals surface area contributed by atoms with Gasteiger partial charge in [-0.1, -0.05) is 48.5 Å². The predicted molar refractivity (Wildman–Crippen MR) is 153 cm³/mol. The summed E-state index contributed by atoms with van der Waals surface area (Å²) >= 11 is 0. The first-order valence-electron chi connectivity index (χ1n) is 13.4. The van der Waals surface area contributed by atoms with Crippen molar-refractivity contribution in [1.29, 1.82) is 0 Å². The number of benzene rings is 3. The van der Waals surface area contributed by atoms with Crippen LogP contribution in [0.1, 0.15) is 11.1 Å². The Bertz CT molecular complexity index is 1750. The van der Waals surface area contributed by atoms with Crippen molar-refractivity contribution in [3.05, 3.63) is 107 Å². The molecule has 1 aliphatic rings. The molecule has 5 rings (SSSR count). The molecule has 0 saturated heterocycles.